The molecule has 36 heavy (non-hydrogen) atoms. The van der Waals surface area contributed by atoms with Crippen LogP contribution in [0, 0.1) is 11.3 Å². The molecule has 0 saturated heterocycles. The van der Waals surface area contributed by atoms with Crippen molar-refractivity contribution in [3.63, 3.8) is 0 Å². The Labute approximate surface area is 217 Å². The summed E-state index contributed by atoms with van der Waals surface area (Å²) in [5.74, 6) is 2.34. The van der Waals surface area contributed by atoms with Crippen LogP contribution in [0.15, 0.2) is 60.8 Å². The number of aromatic nitrogens is 2. The second-order valence-electron chi connectivity index (χ2n) is 9.32. The highest BCUT2D eigenvalue weighted by atomic mass is 32.2. The highest BCUT2D eigenvalue weighted by Crippen LogP contribution is 2.44. The van der Waals surface area contributed by atoms with Gasteiger partial charge in [-0.2, -0.15) is 5.26 Å². The highest BCUT2D eigenvalue weighted by molar-refractivity contribution is 8.00. The predicted octanol–water partition coefficient (Wildman–Crippen LogP) is 7.63. The zero-order valence-electron chi connectivity index (χ0n) is 21.0. The van der Waals surface area contributed by atoms with Gasteiger partial charge in [0.05, 0.1) is 22.5 Å². The number of rotatable bonds is 9. The third kappa shape index (κ3) is 4.61. The number of hydrogen-bond acceptors (Lipinski definition) is 6. The zero-order valence-corrected chi connectivity index (χ0v) is 21.8. The number of anilines is 2. The molecule has 1 aliphatic rings. The molecule has 1 N–H and O–H groups in total. The Morgan fingerprint density at radius 3 is 2.64 bits per heavy atom. The molecular formula is C29H31N5OS. The molecule has 0 amide bonds. The van der Waals surface area contributed by atoms with Gasteiger partial charge in [-0.25, -0.2) is 4.98 Å². The number of nitriles is 1. The standard InChI is InChI=1S/C29H31N5OS/c1-4-17-36-32-21-12-10-20(11-13-21)28-25(19-30)24-15-14-23(18-27(24)34(28)22-7-5-8-22)35-29-26(33(2)3)9-6-16-31-29/h6,9-16,18,22,32H,4-5,7-8,17H2,1-3H3. The van der Waals surface area contributed by atoms with Gasteiger partial charge in [0.15, 0.2) is 0 Å². The summed E-state index contributed by atoms with van der Waals surface area (Å²) >= 11 is 1.72. The van der Waals surface area contributed by atoms with Gasteiger partial charge in [0, 0.05) is 49.2 Å². The SMILES string of the molecule is CCCSNc1ccc(-c2c(C#N)c3ccc(Oc4ncccc4N(C)C)cc3n2C2CCC2)cc1. The molecule has 4 aromatic rings. The van der Waals surface area contributed by atoms with E-state index in [1.807, 2.05) is 43.3 Å². The first-order valence-electron chi connectivity index (χ1n) is 12.5. The summed E-state index contributed by atoms with van der Waals surface area (Å²) in [6, 6.07) is 21.2. The van der Waals surface area contributed by atoms with Gasteiger partial charge in [0.1, 0.15) is 11.8 Å². The van der Waals surface area contributed by atoms with Crippen LogP contribution in [-0.4, -0.2) is 29.4 Å². The van der Waals surface area contributed by atoms with E-state index < -0.39 is 0 Å². The molecule has 2 aromatic heterocycles. The molecule has 5 rings (SSSR count). The van der Waals surface area contributed by atoms with Gasteiger partial charge in [-0.3, -0.25) is 0 Å². The van der Waals surface area contributed by atoms with Gasteiger partial charge in [0.25, 0.3) is 0 Å². The highest BCUT2D eigenvalue weighted by Gasteiger charge is 2.28. The summed E-state index contributed by atoms with van der Waals surface area (Å²) in [5, 5.41) is 11.2. The van der Waals surface area contributed by atoms with E-state index >= 15 is 0 Å². The van der Waals surface area contributed by atoms with Crippen LogP contribution >= 0.6 is 11.9 Å². The van der Waals surface area contributed by atoms with Crippen LogP contribution < -0.4 is 14.4 Å². The van der Waals surface area contributed by atoms with Crippen LogP contribution in [0.5, 0.6) is 11.6 Å². The first-order valence-corrected chi connectivity index (χ1v) is 13.5. The number of nitrogens with zero attached hydrogens (tertiary/aromatic N) is 4. The van der Waals surface area contributed by atoms with Crippen LogP contribution in [0.3, 0.4) is 0 Å². The minimum atomic E-state index is 0.380. The monoisotopic (exact) mass is 497 g/mol. The van der Waals surface area contributed by atoms with Crippen molar-refractivity contribution in [3.05, 3.63) is 66.4 Å². The van der Waals surface area contributed by atoms with Crippen LogP contribution in [0.25, 0.3) is 22.2 Å². The lowest BCUT2D eigenvalue weighted by Crippen LogP contribution is -2.17. The van der Waals surface area contributed by atoms with Gasteiger partial charge in [-0.05, 0) is 67.6 Å². The average Bonchev–Trinajstić information content (AvgIpc) is 3.17. The van der Waals surface area contributed by atoms with Crippen molar-refractivity contribution in [2.45, 2.75) is 38.6 Å². The first-order chi connectivity index (χ1) is 17.6. The Morgan fingerprint density at radius 2 is 1.97 bits per heavy atom. The van der Waals surface area contributed by atoms with Crippen LogP contribution in [0.1, 0.15) is 44.2 Å². The number of benzene rings is 2. The van der Waals surface area contributed by atoms with Gasteiger partial charge in [-0.15, -0.1) is 0 Å². The third-order valence-corrected chi connectivity index (χ3v) is 7.62. The quantitative estimate of drug-likeness (QED) is 0.189. The molecule has 0 radical (unpaired) electrons. The van der Waals surface area contributed by atoms with Crippen molar-refractivity contribution in [3.8, 4) is 29.0 Å². The minimum Gasteiger partial charge on any atom is -0.437 e. The average molecular weight is 498 g/mol. The van der Waals surface area contributed by atoms with Crippen LogP contribution in [0.2, 0.25) is 0 Å². The normalized spacial score (nSPS) is 13.3. The fourth-order valence-electron chi connectivity index (χ4n) is 4.62. The molecule has 7 heteroatoms. The molecule has 0 bridgehead atoms. The third-order valence-electron chi connectivity index (χ3n) is 6.63. The molecule has 2 aromatic carbocycles. The maximum atomic E-state index is 10.2. The minimum absolute atomic E-state index is 0.380. The van der Waals surface area contributed by atoms with E-state index in [0.29, 0.717) is 17.7 Å². The molecule has 2 heterocycles. The summed E-state index contributed by atoms with van der Waals surface area (Å²) in [6.45, 7) is 2.18. The summed E-state index contributed by atoms with van der Waals surface area (Å²) in [7, 11) is 3.95. The fraction of sp³-hybridized carbons (Fsp3) is 0.310. The molecule has 1 saturated carbocycles. The molecule has 1 fully saturated rings. The topological polar surface area (TPSA) is 66.1 Å². The van der Waals surface area contributed by atoms with Gasteiger partial charge >= 0.3 is 0 Å². The van der Waals surface area contributed by atoms with E-state index in [0.717, 1.165) is 64.1 Å². The van der Waals surface area contributed by atoms with Gasteiger partial charge in [0.2, 0.25) is 5.88 Å². The summed E-state index contributed by atoms with van der Waals surface area (Å²) in [5.41, 5.74) is 5.79. The Kier molecular flexibility index (Phi) is 7.06. The summed E-state index contributed by atoms with van der Waals surface area (Å²) in [6.07, 6.45) is 6.31. The van der Waals surface area contributed by atoms with E-state index in [1.54, 1.807) is 18.1 Å². The number of hydrogen-bond donors (Lipinski definition) is 1. The molecule has 0 aliphatic heterocycles. The van der Waals surface area contributed by atoms with Crippen molar-refractivity contribution < 1.29 is 4.74 Å². The lowest BCUT2D eigenvalue weighted by Gasteiger charge is -2.30. The van der Waals surface area contributed by atoms with Gasteiger partial charge < -0.3 is 18.9 Å². The maximum Gasteiger partial charge on any atom is 0.243 e. The summed E-state index contributed by atoms with van der Waals surface area (Å²) < 4.78 is 12.0. The second-order valence-corrected chi connectivity index (χ2v) is 10.2. The van der Waals surface area contributed by atoms with Crippen molar-refractivity contribution in [1.82, 2.24) is 9.55 Å². The van der Waals surface area contributed by atoms with Gasteiger partial charge in [-0.1, -0.05) is 31.0 Å². The molecule has 184 valence electrons. The molecule has 6 nitrogen and oxygen atoms in total. The Balaban J connectivity index is 1.58. The van der Waals surface area contributed by atoms with E-state index in [-0.39, 0.29) is 0 Å². The zero-order chi connectivity index (χ0) is 25.1. The lowest BCUT2D eigenvalue weighted by molar-refractivity contribution is 0.324. The van der Waals surface area contributed by atoms with E-state index in [2.05, 4.69) is 57.6 Å². The first kappa shape index (κ1) is 24.1. The van der Waals surface area contributed by atoms with Crippen LogP contribution in [-0.2, 0) is 0 Å². The lowest BCUT2D eigenvalue weighted by atomic mass is 9.92. The number of fused-ring (bicyclic) bond motifs is 1. The smallest absolute Gasteiger partial charge is 0.243 e. The number of ether oxygens (including phenoxy) is 1. The molecule has 0 atom stereocenters. The van der Waals surface area contributed by atoms with Crippen molar-refractivity contribution >= 4 is 34.2 Å². The maximum absolute atomic E-state index is 10.2. The Bertz CT molecular complexity index is 1400. The second kappa shape index (κ2) is 10.5. The molecular weight excluding hydrogens is 466 g/mol. The predicted molar refractivity (Wildman–Crippen MR) is 150 cm³/mol. The van der Waals surface area contributed by atoms with E-state index in [9.17, 15) is 5.26 Å². The van der Waals surface area contributed by atoms with Crippen molar-refractivity contribution in [2.24, 2.45) is 0 Å². The van der Waals surface area contributed by atoms with Crippen molar-refractivity contribution in [2.75, 3.05) is 29.5 Å². The van der Waals surface area contributed by atoms with Crippen molar-refractivity contribution in [1.29, 1.82) is 5.26 Å². The molecule has 0 spiro atoms. The number of nitrogens with one attached hydrogen (secondary N) is 1. The molecule has 1 aliphatic carbocycles. The fourth-order valence-corrected chi connectivity index (χ4v) is 5.23. The van der Waals surface area contributed by atoms with Crippen LogP contribution in [0.4, 0.5) is 11.4 Å². The van der Waals surface area contributed by atoms with E-state index in [4.69, 9.17) is 4.74 Å². The molecule has 0 unspecified atom stereocenters. The Hall–Kier alpha value is -3.63. The largest absolute Gasteiger partial charge is 0.437 e. The van der Waals surface area contributed by atoms with E-state index in [1.165, 1.54) is 6.42 Å². The number of pyridine rings is 1. The Morgan fingerprint density at radius 1 is 1.17 bits per heavy atom. The summed E-state index contributed by atoms with van der Waals surface area (Å²) in [4.78, 5) is 6.44.